The van der Waals surface area contributed by atoms with Gasteiger partial charge in [-0.15, -0.1) is 0 Å². The Balaban J connectivity index is 2.25. The van der Waals surface area contributed by atoms with Crippen LogP contribution >= 0.6 is 0 Å². The van der Waals surface area contributed by atoms with E-state index in [-0.39, 0.29) is 0 Å². The Labute approximate surface area is 125 Å². The van der Waals surface area contributed by atoms with Crippen molar-refractivity contribution in [1.82, 2.24) is 14.5 Å². The van der Waals surface area contributed by atoms with Gasteiger partial charge in [-0.2, -0.15) is 0 Å². The van der Waals surface area contributed by atoms with Crippen molar-refractivity contribution in [3.05, 3.63) is 30.5 Å². The zero-order valence-corrected chi connectivity index (χ0v) is 13.3. The fourth-order valence-electron chi connectivity index (χ4n) is 2.24. The lowest BCUT2D eigenvalue weighted by Gasteiger charge is -2.20. The summed E-state index contributed by atoms with van der Waals surface area (Å²) in [6.07, 6.45) is 5.48. The molecule has 0 aliphatic heterocycles. The fraction of sp³-hybridized carbons (Fsp3) is 0.467. The third-order valence-electron chi connectivity index (χ3n) is 3.32. The predicted octanol–water partition coefficient (Wildman–Crippen LogP) is 2.55. The van der Waals surface area contributed by atoms with E-state index in [1.165, 1.54) is 0 Å². The second-order valence-electron chi connectivity index (χ2n) is 5.35. The highest BCUT2D eigenvalue weighted by molar-refractivity contribution is 5.74. The summed E-state index contributed by atoms with van der Waals surface area (Å²) in [5.41, 5.74) is 3.06. The van der Waals surface area contributed by atoms with Crippen molar-refractivity contribution >= 4 is 11.4 Å². The van der Waals surface area contributed by atoms with Gasteiger partial charge >= 0.3 is 0 Å². The van der Waals surface area contributed by atoms with E-state index in [0.717, 1.165) is 17.1 Å². The first kappa shape index (κ1) is 15.2. The lowest BCUT2D eigenvalue weighted by molar-refractivity contribution is 0.399. The molecule has 0 unspecified atom stereocenters. The molecule has 2 aromatic heterocycles. The van der Waals surface area contributed by atoms with E-state index >= 15 is 0 Å². The fourth-order valence-corrected chi connectivity index (χ4v) is 2.24. The number of hydrogen-bond acceptors (Lipinski definition) is 5. The molecule has 114 valence electrons. The van der Waals surface area contributed by atoms with Crippen LogP contribution in [-0.2, 0) is 6.54 Å². The van der Waals surface area contributed by atoms with Crippen LogP contribution in [0.15, 0.2) is 24.8 Å². The van der Waals surface area contributed by atoms with Crippen LogP contribution in [0.25, 0.3) is 0 Å². The standard InChI is InChI=1S/C15H23N5O/c1-11(2)20-10-16-8-12(20)9-18-14-13(19(3)4)6-7-17-15(14)21-5/h6-8,10-11,18H,9H2,1-5H3. The van der Waals surface area contributed by atoms with E-state index in [4.69, 9.17) is 4.74 Å². The summed E-state index contributed by atoms with van der Waals surface area (Å²) in [7, 11) is 5.63. The molecule has 21 heavy (non-hydrogen) atoms. The molecule has 0 radical (unpaired) electrons. The van der Waals surface area contributed by atoms with E-state index in [2.05, 4.69) is 33.7 Å². The molecular formula is C15H23N5O. The van der Waals surface area contributed by atoms with Crippen LogP contribution in [0.1, 0.15) is 25.6 Å². The molecule has 0 atom stereocenters. The molecule has 2 rings (SSSR count). The van der Waals surface area contributed by atoms with Crippen LogP contribution in [0.3, 0.4) is 0 Å². The summed E-state index contributed by atoms with van der Waals surface area (Å²) in [6.45, 7) is 4.95. The van der Waals surface area contributed by atoms with Crippen LogP contribution in [0.5, 0.6) is 5.88 Å². The molecule has 0 amide bonds. The number of aromatic nitrogens is 3. The van der Waals surface area contributed by atoms with Crippen molar-refractivity contribution in [3.8, 4) is 5.88 Å². The number of imidazole rings is 1. The van der Waals surface area contributed by atoms with E-state index in [1.54, 1.807) is 13.3 Å². The summed E-state index contributed by atoms with van der Waals surface area (Å²) in [5.74, 6) is 0.594. The average Bonchev–Trinajstić information content (AvgIpc) is 2.93. The topological polar surface area (TPSA) is 55.2 Å². The molecule has 0 aromatic carbocycles. The summed E-state index contributed by atoms with van der Waals surface area (Å²) in [4.78, 5) is 10.5. The number of hydrogen-bond donors (Lipinski definition) is 1. The minimum Gasteiger partial charge on any atom is -0.479 e. The average molecular weight is 289 g/mol. The molecule has 2 aromatic rings. The van der Waals surface area contributed by atoms with E-state index in [1.807, 2.05) is 37.6 Å². The van der Waals surface area contributed by atoms with Gasteiger partial charge in [-0.1, -0.05) is 0 Å². The Morgan fingerprint density at radius 1 is 1.38 bits per heavy atom. The van der Waals surface area contributed by atoms with Gasteiger partial charge in [0.15, 0.2) is 0 Å². The highest BCUT2D eigenvalue weighted by Gasteiger charge is 2.13. The number of ether oxygens (including phenoxy) is 1. The van der Waals surface area contributed by atoms with Crippen LogP contribution < -0.4 is 15.0 Å². The van der Waals surface area contributed by atoms with Crippen LogP contribution in [0.2, 0.25) is 0 Å². The first-order valence-corrected chi connectivity index (χ1v) is 6.99. The van der Waals surface area contributed by atoms with E-state index in [0.29, 0.717) is 18.5 Å². The summed E-state index contributed by atoms with van der Waals surface area (Å²) < 4.78 is 7.51. The zero-order valence-electron chi connectivity index (χ0n) is 13.3. The number of pyridine rings is 1. The molecular weight excluding hydrogens is 266 g/mol. The Kier molecular flexibility index (Phi) is 4.67. The van der Waals surface area contributed by atoms with Crippen molar-refractivity contribution in [1.29, 1.82) is 0 Å². The highest BCUT2D eigenvalue weighted by Crippen LogP contribution is 2.32. The van der Waals surface area contributed by atoms with Crippen molar-refractivity contribution in [2.24, 2.45) is 0 Å². The monoisotopic (exact) mass is 289 g/mol. The number of nitrogens with zero attached hydrogens (tertiary/aromatic N) is 4. The Morgan fingerprint density at radius 2 is 2.14 bits per heavy atom. The minimum absolute atomic E-state index is 0.383. The quantitative estimate of drug-likeness (QED) is 0.885. The smallest absolute Gasteiger partial charge is 0.239 e. The number of anilines is 2. The molecule has 0 fully saturated rings. The van der Waals surface area contributed by atoms with Gasteiger partial charge < -0.3 is 19.5 Å². The van der Waals surface area contributed by atoms with Crippen molar-refractivity contribution in [2.75, 3.05) is 31.4 Å². The zero-order chi connectivity index (χ0) is 15.4. The van der Waals surface area contributed by atoms with E-state index in [9.17, 15) is 0 Å². The first-order valence-electron chi connectivity index (χ1n) is 6.99. The molecule has 2 heterocycles. The molecule has 0 aliphatic carbocycles. The summed E-state index contributed by atoms with van der Waals surface area (Å²) in [5, 5.41) is 3.42. The SMILES string of the molecule is COc1nccc(N(C)C)c1NCc1cncn1C(C)C. The van der Waals surface area contributed by atoms with Gasteiger partial charge in [-0.3, -0.25) is 0 Å². The first-order chi connectivity index (χ1) is 10.0. The van der Waals surface area contributed by atoms with Crippen molar-refractivity contribution < 1.29 is 4.74 Å². The van der Waals surface area contributed by atoms with Gasteiger partial charge in [0.2, 0.25) is 5.88 Å². The van der Waals surface area contributed by atoms with Gasteiger partial charge in [0.25, 0.3) is 0 Å². The summed E-state index contributed by atoms with van der Waals surface area (Å²) in [6, 6.07) is 2.35. The number of rotatable bonds is 6. The lowest BCUT2D eigenvalue weighted by atomic mass is 10.3. The lowest BCUT2D eigenvalue weighted by Crippen LogP contribution is -2.15. The maximum Gasteiger partial charge on any atom is 0.239 e. The van der Waals surface area contributed by atoms with E-state index < -0.39 is 0 Å². The molecule has 6 heteroatoms. The Hall–Kier alpha value is -2.24. The maximum atomic E-state index is 5.36. The molecule has 0 saturated heterocycles. The predicted molar refractivity (Wildman–Crippen MR) is 85.1 cm³/mol. The third kappa shape index (κ3) is 3.26. The molecule has 0 bridgehead atoms. The van der Waals surface area contributed by atoms with Gasteiger partial charge in [-0.25, -0.2) is 9.97 Å². The normalized spacial score (nSPS) is 10.8. The third-order valence-corrected chi connectivity index (χ3v) is 3.32. The van der Waals surface area contributed by atoms with Gasteiger partial charge in [-0.05, 0) is 19.9 Å². The second kappa shape index (κ2) is 6.47. The van der Waals surface area contributed by atoms with Crippen LogP contribution in [0.4, 0.5) is 11.4 Å². The van der Waals surface area contributed by atoms with Gasteiger partial charge in [0.05, 0.1) is 31.4 Å². The largest absolute Gasteiger partial charge is 0.479 e. The Bertz CT molecular complexity index is 591. The molecule has 0 aliphatic rings. The molecule has 6 nitrogen and oxygen atoms in total. The Morgan fingerprint density at radius 3 is 2.76 bits per heavy atom. The van der Waals surface area contributed by atoms with Crippen LogP contribution in [-0.4, -0.2) is 35.7 Å². The molecule has 1 N–H and O–H groups in total. The highest BCUT2D eigenvalue weighted by atomic mass is 16.5. The van der Waals surface area contributed by atoms with Crippen molar-refractivity contribution in [3.63, 3.8) is 0 Å². The molecule has 0 saturated carbocycles. The second-order valence-corrected chi connectivity index (χ2v) is 5.35. The van der Waals surface area contributed by atoms with Gasteiger partial charge in [0, 0.05) is 32.5 Å². The maximum absolute atomic E-state index is 5.36. The van der Waals surface area contributed by atoms with Crippen LogP contribution in [0, 0.1) is 0 Å². The summed E-state index contributed by atoms with van der Waals surface area (Å²) >= 11 is 0. The van der Waals surface area contributed by atoms with Gasteiger partial charge in [0.1, 0.15) is 5.69 Å². The van der Waals surface area contributed by atoms with Crippen molar-refractivity contribution in [2.45, 2.75) is 26.4 Å². The molecule has 0 spiro atoms. The number of methoxy groups -OCH3 is 1. The minimum atomic E-state index is 0.383. The number of nitrogens with one attached hydrogen (secondary N) is 1.